The monoisotopic (exact) mass is 383 g/mol. The summed E-state index contributed by atoms with van der Waals surface area (Å²) in [6.45, 7) is 1.53. The maximum Gasteiger partial charge on any atom is 0.274 e. The van der Waals surface area contributed by atoms with Gasteiger partial charge >= 0.3 is 0 Å². The van der Waals surface area contributed by atoms with E-state index >= 15 is 0 Å². The highest BCUT2D eigenvalue weighted by Gasteiger charge is 2.16. The molecule has 0 aromatic heterocycles. The first kappa shape index (κ1) is 18.7. The molecule has 0 fully saturated rings. The first-order valence-corrected chi connectivity index (χ1v) is 9.18. The summed E-state index contributed by atoms with van der Waals surface area (Å²) in [5.74, 6) is -0.531. The largest absolute Gasteiger partial charge is 0.321 e. The molecule has 0 aliphatic heterocycles. The normalized spacial score (nSPS) is 11.0. The van der Waals surface area contributed by atoms with Crippen LogP contribution in [0.3, 0.4) is 0 Å². The second-order valence-corrected chi connectivity index (χ2v) is 7.39. The van der Waals surface area contributed by atoms with E-state index in [-0.39, 0.29) is 22.0 Å². The number of hydrogen-bond acceptors (Lipinski definition) is 5. The third-order valence-electron chi connectivity index (χ3n) is 3.28. The Hall–Kier alpha value is -2.65. The number of anilines is 2. The summed E-state index contributed by atoms with van der Waals surface area (Å²) in [6.07, 6.45) is 0.981. The number of sulfonamides is 1. The van der Waals surface area contributed by atoms with Crippen molar-refractivity contribution in [2.75, 3.05) is 16.3 Å². The lowest BCUT2D eigenvalue weighted by molar-refractivity contribution is -0.385. The Balaban J connectivity index is 2.26. The summed E-state index contributed by atoms with van der Waals surface area (Å²) in [5, 5.41) is 13.6. The first-order chi connectivity index (χ1) is 11.6. The fourth-order valence-electron chi connectivity index (χ4n) is 2.09. The van der Waals surface area contributed by atoms with Gasteiger partial charge in [0, 0.05) is 11.6 Å². The second kappa shape index (κ2) is 7.08. The Morgan fingerprint density at radius 1 is 1.20 bits per heavy atom. The molecular formula is C15H14ClN3O5S. The van der Waals surface area contributed by atoms with Crippen LogP contribution in [0, 0.1) is 17.0 Å². The van der Waals surface area contributed by atoms with E-state index in [1.807, 2.05) is 0 Å². The molecule has 0 saturated heterocycles. The molecule has 0 aliphatic carbocycles. The number of nitrogens with one attached hydrogen (secondary N) is 2. The number of rotatable bonds is 5. The molecule has 0 heterocycles. The summed E-state index contributed by atoms with van der Waals surface area (Å²) in [4.78, 5) is 22.7. The molecule has 2 rings (SSSR count). The Bertz CT molecular complexity index is 960. The first-order valence-electron chi connectivity index (χ1n) is 6.91. The van der Waals surface area contributed by atoms with Crippen LogP contribution in [0.5, 0.6) is 0 Å². The van der Waals surface area contributed by atoms with Crippen molar-refractivity contribution >= 4 is 44.6 Å². The van der Waals surface area contributed by atoms with Gasteiger partial charge in [0.1, 0.15) is 0 Å². The zero-order chi connectivity index (χ0) is 18.8. The third kappa shape index (κ3) is 4.68. The molecular weight excluding hydrogens is 370 g/mol. The number of amides is 1. The second-order valence-electron chi connectivity index (χ2n) is 5.23. The number of nitro benzene ring substituents is 1. The van der Waals surface area contributed by atoms with Gasteiger partial charge in [0.05, 0.1) is 33.1 Å². The van der Waals surface area contributed by atoms with Crippen LogP contribution in [0.25, 0.3) is 0 Å². The lowest BCUT2D eigenvalue weighted by atomic mass is 10.1. The van der Waals surface area contributed by atoms with E-state index in [9.17, 15) is 23.3 Å². The van der Waals surface area contributed by atoms with Crippen LogP contribution in [0.15, 0.2) is 36.4 Å². The average molecular weight is 384 g/mol. The van der Waals surface area contributed by atoms with E-state index in [1.54, 1.807) is 6.07 Å². The van der Waals surface area contributed by atoms with Crippen molar-refractivity contribution < 1.29 is 18.1 Å². The van der Waals surface area contributed by atoms with E-state index < -0.39 is 20.9 Å². The zero-order valence-corrected chi connectivity index (χ0v) is 14.8. The van der Waals surface area contributed by atoms with Crippen LogP contribution in [0.1, 0.15) is 15.9 Å². The molecule has 0 atom stereocenters. The van der Waals surface area contributed by atoms with E-state index in [0.717, 1.165) is 6.26 Å². The molecule has 0 saturated carbocycles. The van der Waals surface area contributed by atoms with Crippen LogP contribution in [0.2, 0.25) is 5.02 Å². The molecule has 25 heavy (non-hydrogen) atoms. The van der Waals surface area contributed by atoms with Crippen molar-refractivity contribution in [2.45, 2.75) is 6.92 Å². The minimum atomic E-state index is -3.50. The predicted octanol–water partition coefficient (Wildman–Crippen LogP) is 3.18. The van der Waals surface area contributed by atoms with E-state index in [4.69, 9.17) is 11.6 Å². The van der Waals surface area contributed by atoms with Crippen molar-refractivity contribution in [3.05, 3.63) is 62.7 Å². The minimum absolute atomic E-state index is 0.0499. The van der Waals surface area contributed by atoms with Gasteiger partial charge in [-0.05, 0) is 31.2 Å². The number of nitro groups is 1. The quantitative estimate of drug-likeness (QED) is 0.607. The van der Waals surface area contributed by atoms with Gasteiger partial charge in [-0.25, -0.2) is 8.42 Å². The maximum absolute atomic E-state index is 12.3. The number of carbonyl (C=O) groups excluding carboxylic acids is 1. The topological polar surface area (TPSA) is 118 Å². The Morgan fingerprint density at radius 2 is 1.88 bits per heavy atom. The van der Waals surface area contributed by atoms with Gasteiger partial charge in [0.15, 0.2) is 0 Å². The van der Waals surface area contributed by atoms with Crippen molar-refractivity contribution in [3.63, 3.8) is 0 Å². The van der Waals surface area contributed by atoms with E-state index in [2.05, 4.69) is 10.0 Å². The Morgan fingerprint density at radius 3 is 2.44 bits per heavy atom. The van der Waals surface area contributed by atoms with Crippen LogP contribution < -0.4 is 10.0 Å². The summed E-state index contributed by atoms with van der Waals surface area (Å²) in [5.41, 5.74) is 0.835. The van der Waals surface area contributed by atoms with Gasteiger partial charge in [-0.15, -0.1) is 0 Å². The van der Waals surface area contributed by atoms with Crippen molar-refractivity contribution in [1.29, 1.82) is 0 Å². The Kier molecular flexibility index (Phi) is 5.29. The molecule has 132 valence electrons. The van der Waals surface area contributed by atoms with Gasteiger partial charge in [-0.2, -0.15) is 0 Å². The molecule has 0 spiro atoms. The number of carbonyl (C=O) groups is 1. The number of hydrogen-bond donors (Lipinski definition) is 2. The van der Waals surface area contributed by atoms with E-state index in [1.165, 1.54) is 37.3 Å². The Labute approximate surface area is 149 Å². The fraction of sp³-hybridized carbons (Fsp3) is 0.133. The van der Waals surface area contributed by atoms with E-state index in [0.29, 0.717) is 11.3 Å². The lowest BCUT2D eigenvalue weighted by Gasteiger charge is -2.10. The van der Waals surface area contributed by atoms with Crippen LogP contribution in [-0.4, -0.2) is 25.5 Å². The van der Waals surface area contributed by atoms with Crippen LogP contribution >= 0.6 is 11.6 Å². The molecule has 0 radical (unpaired) electrons. The number of nitrogens with zero attached hydrogens (tertiary/aromatic N) is 1. The van der Waals surface area contributed by atoms with Crippen LogP contribution in [-0.2, 0) is 10.0 Å². The van der Waals surface area contributed by atoms with Gasteiger partial charge < -0.3 is 5.32 Å². The molecule has 2 aromatic rings. The molecule has 10 heteroatoms. The lowest BCUT2D eigenvalue weighted by Crippen LogP contribution is -2.14. The molecule has 0 unspecified atom stereocenters. The van der Waals surface area contributed by atoms with Gasteiger partial charge in [-0.1, -0.05) is 17.7 Å². The molecule has 0 aliphatic rings. The molecule has 1 amide bonds. The number of benzene rings is 2. The standard InChI is InChI=1S/C15H14ClN3O5S/c1-9-12(4-3-5-14(9)19(21)22)17-15(20)10-6-7-13(11(16)8-10)18-25(2,23)24/h3-8,18H,1-2H3,(H,17,20). The molecule has 0 bridgehead atoms. The van der Waals surface area contributed by atoms with Crippen LogP contribution in [0.4, 0.5) is 17.1 Å². The number of halogens is 1. The predicted molar refractivity (Wildman–Crippen MR) is 95.7 cm³/mol. The summed E-state index contributed by atoms with van der Waals surface area (Å²) in [7, 11) is -3.50. The molecule has 2 N–H and O–H groups in total. The molecule has 2 aromatic carbocycles. The summed E-state index contributed by atoms with van der Waals surface area (Å²) >= 11 is 5.98. The summed E-state index contributed by atoms with van der Waals surface area (Å²) in [6, 6.07) is 8.40. The maximum atomic E-state index is 12.3. The highest BCUT2D eigenvalue weighted by molar-refractivity contribution is 7.92. The SMILES string of the molecule is Cc1c(NC(=O)c2ccc(NS(C)(=O)=O)c(Cl)c2)cccc1[N+](=O)[O-]. The molecule has 8 nitrogen and oxygen atoms in total. The van der Waals surface area contributed by atoms with Gasteiger partial charge in [0.2, 0.25) is 10.0 Å². The highest BCUT2D eigenvalue weighted by atomic mass is 35.5. The van der Waals surface area contributed by atoms with Gasteiger partial charge in [0.25, 0.3) is 11.6 Å². The smallest absolute Gasteiger partial charge is 0.274 e. The van der Waals surface area contributed by atoms with Gasteiger partial charge in [-0.3, -0.25) is 19.6 Å². The summed E-state index contributed by atoms with van der Waals surface area (Å²) < 4.78 is 24.7. The fourth-order valence-corrected chi connectivity index (χ4v) is 2.95. The highest BCUT2D eigenvalue weighted by Crippen LogP contribution is 2.27. The average Bonchev–Trinajstić information content (AvgIpc) is 2.49. The van der Waals surface area contributed by atoms with Crippen molar-refractivity contribution in [1.82, 2.24) is 0 Å². The third-order valence-corrected chi connectivity index (χ3v) is 4.18. The van der Waals surface area contributed by atoms with Crippen molar-refractivity contribution in [2.24, 2.45) is 0 Å². The van der Waals surface area contributed by atoms with Crippen molar-refractivity contribution in [3.8, 4) is 0 Å². The zero-order valence-electron chi connectivity index (χ0n) is 13.2. The minimum Gasteiger partial charge on any atom is -0.321 e.